The van der Waals surface area contributed by atoms with Crippen LogP contribution in [-0.4, -0.2) is 51.6 Å². The van der Waals surface area contributed by atoms with E-state index in [1.54, 1.807) is 33.5 Å². The Hall–Kier alpha value is -1.75. The van der Waals surface area contributed by atoms with Crippen molar-refractivity contribution in [2.45, 2.75) is 32.6 Å². The highest BCUT2D eigenvalue weighted by molar-refractivity contribution is 6.01. The number of hydrogen-bond acceptors (Lipinski definition) is 5. The number of nitrogens with zero attached hydrogens (tertiary/aromatic N) is 1. The number of rotatable bonds is 8. The predicted molar refractivity (Wildman–Crippen MR) is 94.5 cm³/mol. The topological polar surface area (TPSA) is 48.0 Å². The summed E-state index contributed by atoms with van der Waals surface area (Å²) in [6, 6.07) is 3.45. The predicted octanol–water partition coefficient (Wildman–Crippen LogP) is 3.41. The quantitative estimate of drug-likeness (QED) is 0.681. The molecule has 1 aromatic rings. The number of likely N-dealkylation sites (tertiary alicyclic amines) is 1. The fourth-order valence-electron chi connectivity index (χ4n) is 3.36. The molecule has 1 aromatic carbocycles. The maximum atomic E-state index is 12.7. The van der Waals surface area contributed by atoms with Crippen LogP contribution < -0.4 is 14.2 Å². The Morgan fingerprint density at radius 3 is 2.38 bits per heavy atom. The number of Topliss-reactive ketones (excluding diaryl/α,β-unsaturated/α-hetero) is 1. The average Bonchev–Trinajstić information content (AvgIpc) is 2.60. The third-order valence-electron chi connectivity index (χ3n) is 4.61. The molecule has 5 heteroatoms. The van der Waals surface area contributed by atoms with Crippen molar-refractivity contribution in [1.82, 2.24) is 4.90 Å². The van der Waals surface area contributed by atoms with Gasteiger partial charge in [-0.05, 0) is 38.3 Å². The van der Waals surface area contributed by atoms with Gasteiger partial charge in [-0.2, -0.15) is 0 Å². The molecule has 1 aliphatic rings. The first-order chi connectivity index (χ1) is 11.6. The Morgan fingerprint density at radius 1 is 1.17 bits per heavy atom. The van der Waals surface area contributed by atoms with E-state index in [1.165, 1.54) is 12.8 Å². The van der Waals surface area contributed by atoms with E-state index in [2.05, 4.69) is 11.8 Å². The average molecular weight is 335 g/mol. The molecule has 1 saturated heterocycles. The normalized spacial score (nSPS) is 18.2. The molecule has 0 N–H and O–H groups in total. The van der Waals surface area contributed by atoms with Gasteiger partial charge in [-0.15, -0.1) is 0 Å². The number of piperidine rings is 1. The van der Waals surface area contributed by atoms with Gasteiger partial charge in [0.25, 0.3) is 0 Å². The zero-order chi connectivity index (χ0) is 17.5. The maximum Gasteiger partial charge on any atom is 0.170 e. The standard InChI is InChI=1S/C19H29NO4/c1-14-7-5-9-20(13-14)10-6-8-16(21)19-17(23-3)11-15(22-2)12-18(19)24-4/h11-12,14H,5-10,13H2,1-4H3/t14-/m1/s1. The Morgan fingerprint density at radius 2 is 1.83 bits per heavy atom. The van der Waals surface area contributed by atoms with Crippen LogP contribution in [0.15, 0.2) is 12.1 Å². The summed E-state index contributed by atoms with van der Waals surface area (Å²) in [6.45, 7) is 5.55. The molecule has 0 unspecified atom stereocenters. The molecule has 0 amide bonds. The Labute approximate surface area is 144 Å². The zero-order valence-electron chi connectivity index (χ0n) is 15.3. The van der Waals surface area contributed by atoms with Crippen LogP contribution in [0.4, 0.5) is 0 Å². The summed E-state index contributed by atoms with van der Waals surface area (Å²) in [4.78, 5) is 15.2. The number of carbonyl (C=O) groups is 1. The molecule has 0 aromatic heterocycles. The van der Waals surface area contributed by atoms with Crippen LogP contribution in [0.1, 0.15) is 43.0 Å². The van der Waals surface area contributed by atoms with Gasteiger partial charge < -0.3 is 19.1 Å². The van der Waals surface area contributed by atoms with Gasteiger partial charge in [0.1, 0.15) is 22.8 Å². The summed E-state index contributed by atoms with van der Waals surface area (Å²) in [7, 11) is 4.69. The summed E-state index contributed by atoms with van der Waals surface area (Å²) in [6.07, 6.45) is 3.92. The fraction of sp³-hybridized carbons (Fsp3) is 0.632. The van der Waals surface area contributed by atoms with E-state index in [4.69, 9.17) is 14.2 Å². The molecule has 1 heterocycles. The van der Waals surface area contributed by atoms with Gasteiger partial charge in [0.15, 0.2) is 5.78 Å². The highest BCUT2D eigenvalue weighted by Gasteiger charge is 2.21. The summed E-state index contributed by atoms with van der Waals surface area (Å²) in [5.41, 5.74) is 0.507. The van der Waals surface area contributed by atoms with Gasteiger partial charge in [-0.25, -0.2) is 0 Å². The van der Waals surface area contributed by atoms with Crippen LogP contribution in [0.5, 0.6) is 17.2 Å². The SMILES string of the molecule is COc1cc(OC)c(C(=O)CCCN2CCC[C@@H](C)C2)c(OC)c1. The number of carbonyl (C=O) groups excluding carboxylic acids is 1. The molecule has 134 valence electrons. The van der Waals surface area contributed by atoms with E-state index in [9.17, 15) is 4.79 Å². The molecule has 0 spiro atoms. The van der Waals surface area contributed by atoms with Gasteiger partial charge in [-0.1, -0.05) is 6.92 Å². The highest BCUT2D eigenvalue weighted by atomic mass is 16.5. The molecule has 0 aliphatic carbocycles. The van der Waals surface area contributed by atoms with Gasteiger partial charge in [-0.3, -0.25) is 4.79 Å². The number of ketones is 1. The summed E-state index contributed by atoms with van der Waals surface area (Å²) < 4.78 is 16.0. The summed E-state index contributed by atoms with van der Waals surface area (Å²) in [5, 5.41) is 0. The molecule has 0 radical (unpaired) electrons. The van der Waals surface area contributed by atoms with Crippen molar-refractivity contribution in [3.63, 3.8) is 0 Å². The van der Waals surface area contributed by atoms with Crippen LogP contribution in [0.25, 0.3) is 0 Å². The van der Waals surface area contributed by atoms with E-state index >= 15 is 0 Å². The van der Waals surface area contributed by atoms with E-state index in [0.717, 1.165) is 32.0 Å². The molecule has 5 nitrogen and oxygen atoms in total. The second-order valence-electron chi connectivity index (χ2n) is 6.48. The van der Waals surface area contributed by atoms with Gasteiger partial charge in [0, 0.05) is 25.1 Å². The van der Waals surface area contributed by atoms with Crippen LogP contribution in [0, 0.1) is 5.92 Å². The smallest absolute Gasteiger partial charge is 0.170 e. The van der Waals surface area contributed by atoms with Crippen molar-refractivity contribution in [3.8, 4) is 17.2 Å². The molecule has 1 fully saturated rings. The van der Waals surface area contributed by atoms with Crippen molar-refractivity contribution in [2.75, 3.05) is 41.0 Å². The van der Waals surface area contributed by atoms with Gasteiger partial charge in [0.2, 0.25) is 0 Å². The lowest BCUT2D eigenvalue weighted by atomic mass is 9.99. The summed E-state index contributed by atoms with van der Waals surface area (Å²) >= 11 is 0. The second kappa shape index (κ2) is 8.92. The first kappa shape index (κ1) is 18.6. The maximum absolute atomic E-state index is 12.7. The minimum Gasteiger partial charge on any atom is -0.496 e. The lowest BCUT2D eigenvalue weighted by molar-refractivity contribution is 0.0964. The summed E-state index contributed by atoms with van der Waals surface area (Å²) in [5.74, 6) is 2.43. The fourth-order valence-corrected chi connectivity index (χ4v) is 3.36. The minimum absolute atomic E-state index is 0.0522. The largest absolute Gasteiger partial charge is 0.496 e. The lowest BCUT2D eigenvalue weighted by Crippen LogP contribution is -2.35. The Bertz CT molecular complexity index is 533. The zero-order valence-corrected chi connectivity index (χ0v) is 15.3. The third-order valence-corrected chi connectivity index (χ3v) is 4.61. The van der Waals surface area contributed by atoms with Crippen LogP contribution in [-0.2, 0) is 0 Å². The number of hydrogen-bond donors (Lipinski definition) is 0. The van der Waals surface area contributed by atoms with Gasteiger partial charge >= 0.3 is 0 Å². The Kier molecular flexibility index (Phi) is 6.91. The molecule has 1 aliphatic heterocycles. The Balaban J connectivity index is 2.00. The van der Waals surface area contributed by atoms with E-state index in [-0.39, 0.29) is 5.78 Å². The minimum atomic E-state index is 0.0522. The number of ether oxygens (including phenoxy) is 3. The number of benzene rings is 1. The van der Waals surface area contributed by atoms with Crippen LogP contribution >= 0.6 is 0 Å². The monoisotopic (exact) mass is 335 g/mol. The van der Waals surface area contributed by atoms with Crippen LogP contribution in [0.2, 0.25) is 0 Å². The van der Waals surface area contributed by atoms with Crippen molar-refractivity contribution < 1.29 is 19.0 Å². The van der Waals surface area contributed by atoms with Crippen molar-refractivity contribution in [3.05, 3.63) is 17.7 Å². The lowest BCUT2D eigenvalue weighted by Gasteiger charge is -2.30. The van der Waals surface area contributed by atoms with Crippen molar-refractivity contribution >= 4 is 5.78 Å². The molecule has 0 saturated carbocycles. The van der Waals surface area contributed by atoms with Crippen molar-refractivity contribution in [2.24, 2.45) is 5.92 Å². The molecular weight excluding hydrogens is 306 g/mol. The van der Waals surface area contributed by atoms with E-state index in [0.29, 0.717) is 29.2 Å². The van der Waals surface area contributed by atoms with Crippen molar-refractivity contribution in [1.29, 1.82) is 0 Å². The van der Waals surface area contributed by atoms with E-state index in [1.807, 2.05) is 0 Å². The molecule has 1 atom stereocenters. The third kappa shape index (κ3) is 4.63. The van der Waals surface area contributed by atoms with E-state index < -0.39 is 0 Å². The molecule has 0 bridgehead atoms. The number of methoxy groups -OCH3 is 3. The highest BCUT2D eigenvalue weighted by Crippen LogP contribution is 2.35. The first-order valence-corrected chi connectivity index (χ1v) is 8.64. The second-order valence-corrected chi connectivity index (χ2v) is 6.48. The van der Waals surface area contributed by atoms with Gasteiger partial charge in [0.05, 0.1) is 21.3 Å². The first-order valence-electron chi connectivity index (χ1n) is 8.64. The molecular formula is C19H29NO4. The molecule has 2 rings (SSSR count). The van der Waals surface area contributed by atoms with Crippen LogP contribution in [0.3, 0.4) is 0 Å². The molecule has 24 heavy (non-hydrogen) atoms.